The van der Waals surface area contributed by atoms with Crippen molar-refractivity contribution in [2.24, 2.45) is 0 Å². The highest BCUT2D eigenvalue weighted by Gasteiger charge is 2.16. The number of para-hydroxylation sites is 1. The maximum absolute atomic E-state index is 5.78. The SMILES string of the molecule is Nc1cccc(-c2ccc(CCN3CCN(c4ccccc4)CC3)cc2)n1. The zero-order valence-electron chi connectivity index (χ0n) is 15.6. The van der Waals surface area contributed by atoms with Crippen LogP contribution in [-0.4, -0.2) is 42.6 Å². The minimum absolute atomic E-state index is 0.561. The van der Waals surface area contributed by atoms with Gasteiger partial charge in [-0.2, -0.15) is 0 Å². The molecule has 0 bridgehead atoms. The molecule has 27 heavy (non-hydrogen) atoms. The molecular weight excluding hydrogens is 332 g/mol. The van der Waals surface area contributed by atoms with Crippen LogP contribution in [0.4, 0.5) is 11.5 Å². The second-order valence-corrected chi connectivity index (χ2v) is 7.06. The lowest BCUT2D eigenvalue weighted by Crippen LogP contribution is -2.46. The Balaban J connectivity index is 1.28. The van der Waals surface area contributed by atoms with E-state index in [0.29, 0.717) is 5.82 Å². The fraction of sp³-hybridized carbons (Fsp3) is 0.261. The number of pyridine rings is 1. The first-order valence-electron chi connectivity index (χ1n) is 9.62. The van der Waals surface area contributed by atoms with Gasteiger partial charge < -0.3 is 10.6 Å². The summed E-state index contributed by atoms with van der Waals surface area (Å²) in [5.74, 6) is 0.561. The lowest BCUT2D eigenvalue weighted by Gasteiger charge is -2.36. The Labute approximate surface area is 161 Å². The van der Waals surface area contributed by atoms with Crippen molar-refractivity contribution in [3.05, 3.63) is 78.4 Å². The Morgan fingerprint density at radius 3 is 2.22 bits per heavy atom. The molecule has 0 atom stereocenters. The van der Waals surface area contributed by atoms with Crippen LogP contribution in [0.2, 0.25) is 0 Å². The van der Waals surface area contributed by atoms with Gasteiger partial charge in [-0.05, 0) is 36.2 Å². The molecule has 1 saturated heterocycles. The molecule has 0 aliphatic carbocycles. The maximum atomic E-state index is 5.78. The number of aromatic nitrogens is 1. The van der Waals surface area contributed by atoms with Crippen molar-refractivity contribution in [1.29, 1.82) is 0 Å². The van der Waals surface area contributed by atoms with Gasteiger partial charge in [-0.15, -0.1) is 0 Å². The van der Waals surface area contributed by atoms with Crippen LogP contribution in [0.1, 0.15) is 5.56 Å². The first-order valence-corrected chi connectivity index (χ1v) is 9.62. The third-order valence-corrected chi connectivity index (χ3v) is 5.23. The number of hydrogen-bond donors (Lipinski definition) is 1. The average Bonchev–Trinajstić information content (AvgIpc) is 2.74. The van der Waals surface area contributed by atoms with Crippen molar-refractivity contribution in [3.8, 4) is 11.3 Å². The van der Waals surface area contributed by atoms with Crippen LogP contribution in [-0.2, 0) is 6.42 Å². The Morgan fingerprint density at radius 1 is 0.778 bits per heavy atom. The molecule has 1 aromatic heterocycles. The molecule has 2 heterocycles. The smallest absolute Gasteiger partial charge is 0.124 e. The second-order valence-electron chi connectivity index (χ2n) is 7.06. The van der Waals surface area contributed by atoms with E-state index in [1.54, 1.807) is 0 Å². The van der Waals surface area contributed by atoms with E-state index in [1.165, 1.54) is 11.3 Å². The molecule has 0 spiro atoms. The summed E-state index contributed by atoms with van der Waals surface area (Å²) >= 11 is 0. The van der Waals surface area contributed by atoms with Gasteiger partial charge in [-0.25, -0.2) is 4.98 Å². The van der Waals surface area contributed by atoms with E-state index in [2.05, 4.69) is 69.4 Å². The van der Waals surface area contributed by atoms with Gasteiger partial charge >= 0.3 is 0 Å². The number of nitrogen functional groups attached to an aromatic ring is 1. The lowest BCUT2D eigenvalue weighted by molar-refractivity contribution is 0.261. The van der Waals surface area contributed by atoms with Gasteiger partial charge in [0.05, 0.1) is 5.69 Å². The summed E-state index contributed by atoms with van der Waals surface area (Å²) in [5.41, 5.74) is 10.5. The average molecular weight is 358 g/mol. The van der Waals surface area contributed by atoms with Gasteiger partial charge in [0.25, 0.3) is 0 Å². The normalized spacial score (nSPS) is 15.0. The number of benzene rings is 2. The Morgan fingerprint density at radius 2 is 1.52 bits per heavy atom. The van der Waals surface area contributed by atoms with E-state index in [4.69, 9.17) is 5.73 Å². The van der Waals surface area contributed by atoms with Crippen LogP contribution in [0, 0.1) is 0 Å². The molecule has 0 amide bonds. The number of hydrogen-bond acceptors (Lipinski definition) is 4. The van der Waals surface area contributed by atoms with Gasteiger partial charge in [0.2, 0.25) is 0 Å². The predicted octanol–water partition coefficient (Wildman–Crippen LogP) is 3.70. The molecule has 3 aromatic rings. The van der Waals surface area contributed by atoms with Crippen LogP contribution in [0.15, 0.2) is 72.8 Å². The van der Waals surface area contributed by atoms with E-state index < -0.39 is 0 Å². The quantitative estimate of drug-likeness (QED) is 0.755. The van der Waals surface area contributed by atoms with Crippen molar-refractivity contribution in [2.45, 2.75) is 6.42 Å². The Bertz CT molecular complexity index is 853. The molecule has 0 saturated carbocycles. The Kier molecular flexibility index (Phi) is 5.35. The zero-order valence-corrected chi connectivity index (χ0v) is 15.6. The largest absolute Gasteiger partial charge is 0.384 e. The van der Waals surface area contributed by atoms with Crippen LogP contribution < -0.4 is 10.6 Å². The molecule has 4 heteroatoms. The molecule has 4 nitrogen and oxygen atoms in total. The van der Waals surface area contributed by atoms with Gasteiger partial charge in [0.15, 0.2) is 0 Å². The van der Waals surface area contributed by atoms with Gasteiger partial charge in [-0.3, -0.25) is 4.90 Å². The van der Waals surface area contributed by atoms with Crippen molar-refractivity contribution in [1.82, 2.24) is 9.88 Å². The highest BCUT2D eigenvalue weighted by Crippen LogP contribution is 2.19. The third-order valence-electron chi connectivity index (χ3n) is 5.23. The van der Waals surface area contributed by atoms with Crippen molar-refractivity contribution >= 4 is 11.5 Å². The molecule has 2 aromatic carbocycles. The Hall–Kier alpha value is -2.85. The number of nitrogens with zero attached hydrogens (tertiary/aromatic N) is 3. The summed E-state index contributed by atoms with van der Waals surface area (Å²) in [6.07, 6.45) is 1.08. The van der Waals surface area contributed by atoms with Gasteiger partial charge in [0, 0.05) is 44.0 Å². The minimum atomic E-state index is 0.561. The van der Waals surface area contributed by atoms with Crippen LogP contribution >= 0.6 is 0 Å². The summed E-state index contributed by atoms with van der Waals surface area (Å²) in [6, 6.07) is 25.2. The van der Waals surface area contributed by atoms with E-state index in [0.717, 1.165) is 50.4 Å². The molecule has 138 valence electrons. The van der Waals surface area contributed by atoms with Crippen molar-refractivity contribution < 1.29 is 0 Å². The summed E-state index contributed by atoms with van der Waals surface area (Å²) < 4.78 is 0. The third kappa shape index (κ3) is 4.47. The molecule has 0 radical (unpaired) electrons. The lowest BCUT2D eigenvalue weighted by atomic mass is 10.1. The standard InChI is InChI=1S/C23H26N4/c24-23-8-4-7-22(25-23)20-11-9-19(10-12-20)13-14-26-15-17-27(18-16-26)21-5-2-1-3-6-21/h1-12H,13-18H2,(H2,24,25). The maximum Gasteiger partial charge on any atom is 0.124 e. The number of rotatable bonds is 5. The summed E-state index contributed by atoms with van der Waals surface area (Å²) in [5, 5.41) is 0. The van der Waals surface area contributed by atoms with Crippen molar-refractivity contribution in [3.63, 3.8) is 0 Å². The first kappa shape index (κ1) is 17.6. The predicted molar refractivity (Wildman–Crippen MR) is 113 cm³/mol. The monoisotopic (exact) mass is 358 g/mol. The van der Waals surface area contributed by atoms with E-state index in [9.17, 15) is 0 Å². The summed E-state index contributed by atoms with van der Waals surface area (Å²) in [7, 11) is 0. The molecule has 2 N–H and O–H groups in total. The molecular formula is C23H26N4. The highest BCUT2D eigenvalue weighted by molar-refractivity contribution is 5.61. The first-order chi connectivity index (χ1) is 13.3. The van der Waals surface area contributed by atoms with Crippen LogP contribution in [0.25, 0.3) is 11.3 Å². The summed E-state index contributed by atoms with van der Waals surface area (Å²) in [4.78, 5) is 9.43. The summed E-state index contributed by atoms with van der Waals surface area (Å²) in [6.45, 7) is 5.56. The number of anilines is 2. The van der Waals surface area contributed by atoms with E-state index in [-0.39, 0.29) is 0 Å². The highest BCUT2D eigenvalue weighted by atomic mass is 15.3. The van der Waals surface area contributed by atoms with E-state index >= 15 is 0 Å². The fourth-order valence-corrected chi connectivity index (χ4v) is 3.61. The minimum Gasteiger partial charge on any atom is -0.384 e. The molecule has 1 aliphatic rings. The van der Waals surface area contributed by atoms with Gasteiger partial charge in [-0.1, -0.05) is 48.5 Å². The molecule has 1 fully saturated rings. The molecule has 0 unspecified atom stereocenters. The second kappa shape index (κ2) is 8.23. The van der Waals surface area contributed by atoms with Crippen molar-refractivity contribution in [2.75, 3.05) is 43.4 Å². The molecule has 1 aliphatic heterocycles. The van der Waals surface area contributed by atoms with Crippen LogP contribution in [0.5, 0.6) is 0 Å². The van der Waals surface area contributed by atoms with E-state index in [1.807, 2.05) is 18.2 Å². The van der Waals surface area contributed by atoms with Crippen LogP contribution in [0.3, 0.4) is 0 Å². The fourth-order valence-electron chi connectivity index (χ4n) is 3.61. The number of piperazine rings is 1. The topological polar surface area (TPSA) is 45.4 Å². The zero-order chi connectivity index (χ0) is 18.5. The number of nitrogens with two attached hydrogens (primary N) is 1. The van der Waals surface area contributed by atoms with Gasteiger partial charge in [0.1, 0.15) is 5.82 Å². The molecule has 4 rings (SSSR count).